The summed E-state index contributed by atoms with van der Waals surface area (Å²) in [5, 5.41) is 21.5. The third-order valence-corrected chi connectivity index (χ3v) is 4.04. The lowest BCUT2D eigenvalue weighted by Crippen LogP contribution is -2.32. The number of pyridine rings is 1. The van der Waals surface area contributed by atoms with Crippen LogP contribution in [-0.2, 0) is 10.4 Å². The topological polar surface area (TPSA) is 79.7 Å². The Labute approximate surface area is 139 Å². The zero-order valence-electron chi connectivity index (χ0n) is 13.4. The molecule has 0 radical (unpaired) electrons. The number of aromatic nitrogens is 1. The Morgan fingerprint density at radius 1 is 1.08 bits per heavy atom. The van der Waals surface area contributed by atoms with Gasteiger partial charge in [0.2, 0.25) is 5.88 Å². The average Bonchev–Trinajstić information content (AvgIpc) is 2.60. The molecule has 24 heavy (non-hydrogen) atoms. The van der Waals surface area contributed by atoms with Gasteiger partial charge in [0.1, 0.15) is 0 Å². The van der Waals surface area contributed by atoms with Crippen molar-refractivity contribution < 1.29 is 19.7 Å². The van der Waals surface area contributed by atoms with Crippen molar-refractivity contribution in [2.75, 3.05) is 7.11 Å². The Morgan fingerprint density at radius 2 is 1.79 bits per heavy atom. The highest BCUT2D eigenvalue weighted by molar-refractivity contribution is 5.87. The fourth-order valence-corrected chi connectivity index (χ4v) is 2.59. The van der Waals surface area contributed by atoms with Gasteiger partial charge in [-0.2, -0.15) is 0 Å². The first-order valence-corrected chi connectivity index (χ1v) is 7.44. The molecule has 1 aromatic heterocycles. The molecular weight excluding hydrogens is 306 g/mol. The van der Waals surface area contributed by atoms with E-state index in [-0.39, 0.29) is 11.4 Å². The maximum atomic E-state index is 11.3. The number of aliphatic hydroxyl groups is 1. The fraction of sp³-hybridized carbons (Fsp3) is 0.158. The van der Waals surface area contributed by atoms with Gasteiger partial charge in [0.15, 0.2) is 5.60 Å². The van der Waals surface area contributed by atoms with Crippen molar-refractivity contribution in [2.24, 2.45) is 0 Å². The monoisotopic (exact) mass is 323 g/mol. The number of aliphatic carboxylic acids is 1. The van der Waals surface area contributed by atoms with Gasteiger partial charge in [-0.05, 0) is 35.9 Å². The zero-order valence-corrected chi connectivity index (χ0v) is 13.4. The van der Waals surface area contributed by atoms with Crippen LogP contribution in [0.5, 0.6) is 5.88 Å². The highest BCUT2D eigenvalue weighted by atomic mass is 16.5. The minimum Gasteiger partial charge on any atom is -0.481 e. The molecule has 0 amide bonds. The lowest BCUT2D eigenvalue weighted by Gasteiger charge is -2.20. The Morgan fingerprint density at radius 3 is 2.46 bits per heavy atom. The molecule has 1 atom stereocenters. The molecule has 3 rings (SSSR count). The molecule has 0 saturated heterocycles. The smallest absolute Gasteiger partial charge is 0.340 e. The standard InChI is InChI=1S/C19H17NO4/c1-19(23,18(21)22)15-9-10-16(20-17(15)24-2)14-8-7-12-5-3-4-6-13(12)11-14/h3-11,23H,1-2H3,(H,21,22). The van der Waals surface area contributed by atoms with E-state index in [0.717, 1.165) is 16.3 Å². The number of nitrogens with zero attached hydrogens (tertiary/aromatic N) is 1. The number of carboxylic acids is 1. The number of carboxylic acid groups (broad SMARTS) is 1. The molecule has 122 valence electrons. The van der Waals surface area contributed by atoms with Gasteiger partial charge in [-0.15, -0.1) is 0 Å². The molecule has 5 heteroatoms. The van der Waals surface area contributed by atoms with E-state index >= 15 is 0 Å². The molecule has 0 bridgehead atoms. The average molecular weight is 323 g/mol. The van der Waals surface area contributed by atoms with Gasteiger partial charge in [-0.3, -0.25) is 0 Å². The second kappa shape index (κ2) is 5.94. The van der Waals surface area contributed by atoms with Crippen molar-refractivity contribution in [3.63, 3.8) is 0 Å². The third-order valence-electron chi connectivity index (χ3n) is 4.04. The molecule has 0 spiro atoms. The molecule has 0 fully saturated rings. The molecule has 3 aromatic rings. The van der Waals surface area contributed by atoms with Crippen LogP contribution in [0, 0.1) is 0 Å². The van der Waals surface area contributed by atoms with Crippen molar-refractivity contribution in [2.45, 2.75) is 12.5 Å². The van der Waals surface area contributed by atoms with Crippen LogP contribution < -0.4 is 4.74 Å². The van der Waals surface area contributed by atoms with Crippen molar-refractivity contribution >= 4 is 16.7 Å². The summed E-state index contributed by atoms with van der Waals surface area (Å²) < 4.78 is 5.20. The minimum absolute atomic E-state index is 0.0908. The summed E-state index contributed by atoms with van der Waals surface area (Å²) in [6.07, 6.45) is 0. The Balaban J connectivity index is 2.10. The van der Waals surface area contributed by atoms with Crippen LogP contribution in [0.15, 0.2) is 54.6 Å². The zero-order chi connectivity index (χ0) is 17.3. The number of fused-ring (bicyclic) bond motifs is 1. The van der Waals surface area contributed by atoms with Crippen LogP contribution in [0.25, 0.3) is 22.0 Å². The Kier molecular flexibility index (Phi) is 3.95. The van der Waals surface area contributed by atoms with E-state index in [4.69, 9.17) is 4.74 Å². The SMILES string of the molecule is COc1nc(-c2ccc3ccccc3c2)ccc1C(C)(O)C(=O)O. The molecule has 5 nitrogen and oxygen atoms in total. The van der Waals surface area contributed by atoms with Crippen LogP contribution >= 0.6 is 0 Å². The quantitative estimate of drug-likeness (QED) is 0.771. The number of rotatable bonds is 4. The largest absolute Gasteiger partial charge is 0.481 e. The molecule has 0 aliphatic rings. The number of methoxy groups -OCH3 is 1. The number of hydrogen-bond acceptors (Lipinski definition) is 4. The van der Waals surface area contributed by atoms with Crippen molar-refractivity contribution in [1.29, 1.82) is 0 Å². The molecule has 0 aliphatic carbocycles. The van der Waals surface area contributed by atoms with Gasteiger partial charge in [-0.1, -0.05) is 36.4 Å². The molecule has 1 unspecified atom stereocenters. The van der Waals surface area contributed by atoms with Gasteiger partial charge >= 0.3 is 5.97 Å². The van der Waals surface area contributed by atoms with E-state index < -0.39 is 11.6 Å². The van der Waals surface area contributed by atoms with Crippen molar-refractivity contribution in [3.05, 3.63) is 60.2 Å². The predicted octanol–water partition coefficient (Wildman–Crippen LogP) is 3.20. The Bertz CT molecular complexity index is 918. The van der Waals surface area contributed by atoms with Crippen molar-refractivity contribution in [3.8, 4) is 17.1 Å². The van der Waals surface area contributed by atoms with Gasteiger partial charge < -0.3 is 14.9 Å². The van der Waals surface area contributed by atoms with Gasteiger partial charge in [0.25, 0.3) is 0 Å². The highest BCUT2D eigenvalue weighted by Crippen LogP contribution is 2.32. The molecule has 2 N–H and O–H groups in total. The lowest BCUT2D eigenvalue weighted by molar-refractivity contribution is -0.157. The summed E-state index contributed by atoms with van der Waals surface area (Å²) >= 11 is 0. The first-order valence-electron chi connectivity index (χ1n) is 7.44. The van der Waals surface area contributed by atoms with E-state index in [0.29, 0.717) is 5.69 Å². The van der Waals surface area contributed by atoms with E-state index in [1.54, 1.807) is 6.07 Å². The van der Waals surface area contributed by atoms with Gasteiger partial charge in [0.05, 0.1) is 18.4 Å². The summed E-state index contributed by atoms with van der Waals surface area (Å²) in [6.45, 7) is 1.20. The third kappa shape index (κ3) is 2.70. The highest BCUT2D eigenvalue weighted by Gasteiger charge is 2.36. The van der Waals surface area contributed by atoms with Crippen LogP contribution in [-0.4, -0.2) is 28.3 Å². The second-order valence-corrected chi connectivity index (χ2v) is 5.69. The number of ether oxygens (including phenoxy) is 1. The molecule has 0 aliphatic heterocycles. The summed E-state index contributed by atoms with van der Waals surface area (Å²) in [5.41, 5.74) is -0.432. The van der Waals surface area contributed by atoms with Gasteiger partial charge in [0, 0.05) is 5.56 Å². The number of hydrogen-bond donors (Lipinski definition) is 2. The van der Waals surface area contributed by atoms with Crippen molar-refractivity contribution in [1.82, 2.24) is 4.98 Å². The molecule has 0 saturated carbocycles. The maximum Gasteiger partial charge on any atom is 0.340 e. The first kappa shape index (κ1) is 16.0. The molecular formula is C19H17NO4. The van der Waals surface area contributed by atoms with Crippen LogP contribution in [0.3, 0.4) is 0 Å². The molecule has 2 aromatic carbocycles. The summed E-state index contributed by atoms with van der Waals surface area (Å²) in [5.74, 6) is -1.27. The van der Waals surface area contributed by atoms with E-state index in [1.807, 2.05) is 42.5 Å². The summed E-state index contributed by atoms with van der Waals surface area (Å²) in [6, 6.07) is 17.1. The van der Waals surface area contributed by atoms with Crippen LogP contribution in [0.1, 0.15) is 12.5 Å². The van der Waals surface area contributed by atoms with Gasteiger partial charge in [-0.25, -0.2) is 9.78 Å². The van der Waals surface area contributed by atoms with E-state index in [1.165, 1.54) is 20.1 Å². The number of carbonyl (C=O) groups is 1. The second-order valence-electron chi connectivity index (χ2n) is 5.69. The first-order chi connectivity index (χ1) is 11.4. The van der Waals surface area contributed by atoms with E-state index in [2.05, 4.69) is 4.98 Å². The Hall–Kier alpha value is -2.92. The minimum atomic E-state index is -2.07. The fourth-order valence-electron chi connectivity index (χ4n) is 2.59. The van der Waals surface area contributed by atoms with E-state index in [9.17, 15) is 15.0 Å². The van der Waals surface area contributed by atoms with Crippen LogP contribution in [0.4, 0.5) is 0 Å². The summed E-state index contributed by atoms with van der Waals surface area (Å²) in [7, 11) is 1.40. The lowest BCUT2D eigenvalue weighted by atomic mass is 9.96. The number of benzene rings is 2. The predicted molar refractivity (Wildman–Crippen MR) is 90.9 cm³/mol. The molecule has 1 heterocycles. The van der Waals surface area contributed by atoms with Crippen LogP contribution in [0.2, 0.25) is 0 Å². The summed E-state index contributed by atoms with van der Waals surface area (Å²) in [4.78, 5) is 15.6. The maximum absolute atomic E-state index is 11.3. The normalized spacial score (nSPS) is 13.5.